The SMILES string of the molecule is CON=C1C2CN(c3ccc(N4CC(CNC(C)=O)OC4=O)cc3F)CC1(C)C2. The number of carbonyl (C=O) groups excluding carboxylic acids is 2. The van der Waals surface area contributed by atoms with Crippen molar-refractivity contribution in [2.45, 2.75) is 26.4 Å². The molecule has 3 saturated heterocycles. The number of ether oxygens (including phenoxy) is 1. The predicted molar refractivity (Wildman–Crippen MR) is 106 cm³/mol. The highest BCUT2D eigenvalue weighted by Gasteiger charge is 2.53. The highest BCUT2D eigenvalue weighted by Crippen LogP contribution is 2.49. The molecule has 9 heteroatoms. The highest BCUT2D eigenvalue weighted by molar-refractivity contribution is 5.99. The molecule has 156 valence electrons. The summed E-state index contributed by atoms with van der Waals surface area (Å²) in [5.74, 6) is -0.298. The van der Waals surface area contributed by atoms with Crippen molar-refractivity contribution in [3.05, 3.63) is 24.0 Å². The normalized spacial score (nSPS) is 29.5. The fourth-order valence-corrected chi connectivity index (χ4v) is 4.64. The fraction of sp³-hybridized carbons (Fsp3) is 0.550. The van der Waals surface area contributed by atoms with Crippen LogP contribution in [0.15, 0.2) is 23.4 Å². The van der Waals surface area contributed by atoms with Gasteiger partial charge in [-0.3, -0.25) is 9.69 Å². The molecule has 29 heavy (non-hydrogen) atoms. The number of hydrogen-bond acceptors (Lipinski definition) is 6. The molecule has 4 fully saturated rings. The maximum absolute atomic E-state index is 14.9. The number of hydrogen-bond donors (Lipinski definition) is 1. The Bertz CT molecular complexity index is 876. The molecule has 1 aromatic rings. The largest absolute Gasteiger partial charge is 0.442 e. The van der Waals surface area contributed by atoms with Crippen molar-refractivity contribution in [3.8, 4) is 0 Å². The predicted octanol–water partition coefficient (Wildman–Crippen LogP) is 2.14. The molecule has 2 amide bonds. The second-order valence-electron chi connectivity index (χ2n) is 8.19. The molecule has 5 rings (SSSR count). The molecule has 0 spiro atoms. The Labute approximate surface area is 168 Å². The van der Waals surface area contributed by atoms with Gasteiger partial charge >= 0.3 is 6.09 Å². The maximum Gasteiger partial charge on any atom is 0.414 e. The Morgan fingerprint density at radius 2 is 2.24 bits per heavy atom. The van der Waals surface area contributed by atoms with Gasteiger partial charge in [0.05, 0.1) is 30.2 Å². The third kappa shape index (κ3) is 3.49. The van der Waals surface area contributed by atoms with Gasteiger partial charge in [-0.1, -0.05) is 12.1 Å². The molecule has 8 nitrogen and oxygen atoms in total. The van der Waals surface area contributed by atoms with Crippen LogP contribution >= 0.6 is 0 Å². The minimum absolute atomic E-state index is 0.0975. The van der Waals surface area contributed by atoms with Gasteiger partial charge in [-0.2, -0.15) is 0 Å². The van der Waals surface area contributed by atoms with Gasteiger partial charge in [-0.25, -0.2) is 9.18 Å². The molecule has 0 radical (unpaired) electrons. The Balaban J connectivity index is 1.46. The topological polar surface area (TPSA) is 83.5 Å². The molecule has 1 saturated carbocycles. The third-order valence-electron chi connectivity index (χ3n) is 5.91. The van der Waals surface area contributed by atoms with Crippen molar-refractivity contribution >= 4 is 29.1 Å². The average Bonchev–Trinajstić information content (AvgIpc) is 3.04. The number of nitrogens with zero attached hydrogens (tertiary/aromatic N) is 3. The number of oxime groups is 1. The average molecular weight is 404 g/mol. The lowest BCUT2D eigenvalue weighted by Crippen LogP contribution is -2.62. The van der Waals surface area contributed by atoms with Crippen LogP contribution in [0.5, 0.6) is 0 Å². The minimum atomic E-state index is -0.542. The van der Waals surface area contributed by atoms with E-state index in [0.29, 0.717) is 24.5 Å². The van der Waals surface area contributed by atoms with E-state index in [1.54, 1.807) is 19.2 Å². The summed E-state index contributed by atoms with van der Waals surface area (Å²) >= 11 is 0. The molecule has 2 bridgehead atoms. The number of halogens is 1. The lowest BCUT2D eigenvalue weighted by molar-refractivity contribution is -0.119. The molecule has 1 N–H and O–H groups in total. The Morgan fingerprint density at radius 3 is 2.90 bits per heavy atom. The van der Waals surface area contributed by atoms with Gasteiger partial charge in [0.1, 0.15) is 19.0 Å². The summed E-state index contributed by atoms with van der Waals surface area (Å²) in [6, 6.07) is 4.80. The summed E-state index contributed by atoms with van der Waals surface area (Å²) in [4.78, 5) is 31.6. The van der Waals surface area contributed by atoms with Crippen LogP contribution in [0.3, 0.4) is 0 Å². The van der Waals surface area contributed by atoms with E-state index in [9.17, 15) is 14.0 Å². The van der Waals surface area contributed by atoms with Crippen molar-refractivity contribution in [2.24, 2.45) is 16.5 Å². The number of piperidine rings is 2. The van der Waals surface area contributed by atoms with Gasteiger partial charge in [0.15, 0.2) is 0 Å². The minimum Gasteiger partial charge on any atom is -0.442 e. The first-order valence-corrected chi connectivity index (χ1v) is 9.69. The Kier molecular flexibility index (Phi) is 4.84. The van der Waals surface area contributed by atoms with Crippen LogP contribution in [-0.4, -0.2) is 57.1 Å². The van der Waals surface area contributed by atoms with Gasteiger partial charge in [-0.15, -0.1) is 0 Å². The van der Waals surface area contributed by atoms with Crippen molar-refractivity contribution < 1.29 is 23.6 Å². The molecular weight excluding hydrogens is 379 g/mol. The standard InChI is InChI=1S/C20H25FN4O4/c1-12(26)22-8-15-10-25(19(27)29-15)14-4-5-17(16(21)6-14)24-9-13-7-20(2,11-24)18(13)23-28-3/h4-6,13,15H,7-11H2,1-3H3,(H,22,26). The van der Waals surface area contributed by atoms with Crippen LogP contribution in [0.2, 0.25) is 0 Å². The summed E-state index contributed by atoms with van der Waals surface area (Å²) in [5.41, 5.74) is 1.91. The zero-order valence-electron chi connectivity index (χ0n) is 16.8. The van der Waals surface area contributed by atoms with Gasteiger partial charge in [0.25, 0.3) is 0 Å². The summed E-state index contributed by atoms with van der Waals surface area (Å²) in [5, 5.41) is 6.78. The van der Waals surface area contributed by atoms with Gasteiger partial charge in [-0.05, 0) is 24.6 Å². The van der Waals surface area contributed by atoms with E-state index in [1.807, 2.05) is 4.90 Å². The van der Waals surface area contributed by atoms with E-state index in [1.165, 1.54) is 17.9 Å². The van der Waals surface area contributed by atoms with Gasteiger partial charge in [0, 0.05) is 31.3 Å². The number of benzene rings is 1. The summed E-state index contributed by atoms with van der Waals surface area (Å²) in [6.45, 7) is 5.38. The molecule has 0 aromatic heterocycles. The van der Waals surface area contributed by atoms with Crippen LogP contribution in [0.25, 0.3) is 0 Å². The molecule has 1 aromatic carbocycles. The number of nitrogens with one attached hydrogen (secondary N) is 1. The van der Waals surface area contributed by atoms with Crippen molar-refractivity contribution in [1.82, 2.24) is 5.32 Å². The first kappa shape index (κ1) is 19.5. The summed E-state index contributed by atoms with van der Waals surface area (Å²) in [6.07, 6.45) is 0.0298. The number of anilines is 2. The van der Waals surface area contributed by atoms with E-state index in [4.69, 9.17) is 9.57 Å². The van der Waals surface area contributed by atoms with E-state index in [-0.39, 0.29) is 36.1 Å². The van der Waals surface area contributed by atoms with Crippen molar-refractivity contribution in [2.75, 3.05) is 43.1 Å². The van der Waals surface area contributed by atoms with E-state index in [2.05, 4.69) is 17.4 Å². The number of cyclic esters (lactones) is 1. The number of rotatable bonds is 5. The number of amides is 2. The lowest BCUT2D eigenvalue weighted by atomic mass is 9.58. The smallest absolute Gasteiger partial charge is 0.414 e. The lowest BCUT2D eigenvalue weighted by Gasteiger charge is -2.55. The van der Waals surface area contributed by atoms with E-state index in [0.717, 1.165) is 12.1 Å². The van der Waals surface area contributed by atoms with E-state index < -0.39 is 12.2 Å². The Hall–Kier alpha value is -2.84. The van der Waals surface area contributed by atoms with Crippen molar-refractivity contribution in [3.63, 3.8) is 0 Å². The first-order chi connectivity index (χ1) is 13.8. The Morgan fingerprint density at radius 1 is 1.45 bits per heavy atom. The number of fused-ring (bicyclic) bond motifs is 2. The zero-order chi connectivity index (χ0) is 20.8. The van der Waals surface area contributed by atoms with Crippen LogP contribution in [0, 0.1) is 17.2 Å². The fourth-order valence-electron chi connectivity index (χ4n) is 4.64. The van der Waals surface area contributed by atoms with Crippen LogP contribution < -0.4 is 15.1 Å². The number of carbonyl (C=O) groups is 2. The van der Waals surface area contributed by atoms with Gasteiger partial charge in [0.2, 0.25) is 5.91 Å². The zero-order valence-corrected chi connectivity index (χ0v) is 16.8. The molecule has 1 aliphatic carbocycles. The molecular formula is C20H25FN4O4. The summed E-state index contributed by atoms with van der Waals surface area (Å²) in [7, 11) is 1.55. The molecule has 4 aliphatic rings. The van der Waals surface area contributed by atoms with Crippen LogP contribution in [-0.2, 0) is 14.4 Å². The molecule has 3 unspecified atom stereocenters. The second-order valence-corrected chi connectivity index (χ2v) is 8.19. The molecule has 3 heterocycles. The summed E-state index contributed by atoms with van der Waals surface area (Å²) < 4.78 is 20.2. The first-order valence-electron chi connectivity index (χ1n) is 9.69. The second kappa shape index (κ2) is 7.20. The maximum atomic E-state index is 14.9. The molecule has 3 aliphatic heterocycles. The van der Waals surface area contributed by atoms with Gasteiger partial charge < -0.3 is 19.8 Å². The van der Waals surface area contributed by atoms with Crippen LogP contribution in [0.4, 0.5) is 20.6 Å². The third-order valence-corrected chi connectivity index (χ3v) is 5.91. The monoisotopic (exact) mass is 404 g/mol. The highest BCUT2D eigenvalue weighted by atomic mass is 19.1. The molecule has 3 atom stereocenters. The van der Waals surface area contributed by atoms with Crippen molar-refractivity contribution in [1.29, 1.82) is 0 Å². The van der Waals surface area contributed by atoms with Crippen LogP contribution in [0.1, 0.15) is 20.3 Å². The van der Waals surface area contributed by atoms with E-state index >= 15 is 0 Å². The quantitative estimate of drug-likeness (QED) is 0.761.